The highest BCUT2D eigenvalue weighted by atomic mass is 35.5. The molecule has 0 spiro atoms. The van der Waals surface area contributed by atoms with Crippen LogP contribution in [-0.4, -0.2) is 31.6 Å². The zero-order chi connectivity index (χ0) is 9.56. The number of carbonyl (C=O) groups excluding carboxylic acids is 2. The van der Waals surface area contributed by atoms with Crippen LogP contribution in [0.5, 0.6) is 0 Å². The zero-order valence-electron chi connectivity index (χ0n) is 7.70. The minimum atomic E-state index is -0.890. The fourth-order valence-corrected chi connectivity index (χ4v) is 0.533. The molecule has 0 aliphatic heterocycles. The molecule has 3 N–H and O–H groups in total. The van der Waals surface area contributed by atoms with Gasteiger partial charge in [0.2, 0.25) is 0 Å². The minimum absolute atomic E-state index is 0. The summed E-state index contributed by atoms with van der Waals surface area (Å²) < 4.78 is 4.19. The van der Waals surface area contributed by atoms with E-state index in [1.807, 2.05) is 6.92 Å². The summed E-state index contributed by atoms with van der Waals surface area (Å²) in [6.45, 7) is 2.19. The average molecular weight is 211 g/mol. The first kappa shape index (κ1) is 14.7. The fraction of sp³-hybridized carbons (Fsp3) is 0.714. The smallest absolute Gasteiger partial charge is 0.396 e. The van der Waals surface area contributed by atoms with E-state index < -0.39 is 11.9 Å². The van der Waals surface area contributed by atoms with Crippen molar-refractivity contribution in [1.82, 2.24) is 5.32 Å². The van der Waals surface area contributed by atoms with Gasteiger partial charge in [-0.05, 0) is 6.42 Å². The van der Waals surface area contributed by atoms with Crippen LogP contribution in [0, 0.1) is 0 Å². The van der Waals surface area contributed by atoms with Crippen molar-refractivity contribution in [1.29, 1.82) is 0 Å². The van der Waals surface area contributed by atoms with Crippen molar-refractivity contribution in [3.05, 3.63) is 0 Å². The lowest BCUT2D eigenvalue weighted by Gasteiger charge is -2.08. The molecule has 0 heterocycles. The lowest BCUT2D eigenvalue weighted by molar-refractivity contribution is -0.152. The summed E-state index contributed by atoms with van der Waals surface area (Å²) in [5.74, 6) is -1.64. The van der Waals surface area contributed by atoms with Crippen molar-refractivity contribution in [3.63, 3.8) is 0 Å². The summed E-state index contributed by atoms with van der Waals surface area (Å²) in [6.07, 6.45) is 0.751. The van der Waals surface area contributed by atoms with Gasteiger partial charge in [-0.3, -0.25) is 4.79 Å². The molecule has 6 heteroatoms. The number of carbonyl (C=O) groups is 2. The van der Waals surface area contributed by atoms with Gasteiger partial charge >= 0.3 is 11.9 Å². The Bertz CT molecular complexity index is 175. The molecule has 0 saturated carbocycles. The molecule has 0 aliphatic carbocycles. The van der Waals surface area contributed by atoms with Gasteiger partial charge in [0.1, 0.15) is 0 Å². The number of amides is 1. The maximum absolute atomic E-state index is 10.8. The first-order chi connectivity index (χ1) is 5.61. The Morgan fingerprint density at radius 1 is 1.54 bits per heavy atom. The molecule has 0 aromatic rings. The van der Waals surface area contributed by atoms with E-state index in [9.17, 15) is 9.59 Å². The molecule has 0 saturated heterocycles. The maximum Gasteiger partial charge on any atom is 0.396 e. The summed E-state index contributed by atoms with van der Waals surface area (Å²) in [6, 6.07) is -0.112. The molecule has 0 aliphatic rings. The molecule has 78 valence electrons. The molecule has 1 amide bonds. The van der Waals surface area contributed by atoms with E-state index in [2.05, 4.69) is 10.1 Å². The quantitative estimate of drug-likeness (QED) is 0.483. The number of nitrogens with one attached hydrogen (secondary N) is 1. The van der Waals surface area contributed by atoms with Crippen LogP contribution in [0.15, 0.2) is 0 Å². The molecule has 0 rings (SSSR count). The van der Waals surface area contributed by atoms with E-state index in [4.69, 9.17) is 5.73 Å². The Morgan fingerprint density at radius 2 is 2.08 bits per heavy atom. The van der Waals surface area contributed by atoms with E-state index in [0.717, 1.165) is 13.5 Å². The van der Waals surface area contributed by atoms with Gasteiger partial charge < -0.3 is 15.8 Å². The summed E-state index contributed by atoms with van der Waals surface area (Å²) in [4.78, 5) is 21.3. The second-order valence-electron chi connectivity index (χ2n) is 2.37. The average Bonchev–Trinajstić information content (AvgIpc) is 2.11. The van der Waals surface area contributed by atoms with E-state index in [1.165, 1.54) is 0 Å². The first-order valence-corrected chi connectivity index (χ1v) is 3.73. The Balaban J connectivity index is 0. The number of ether oxygens (including phenoxy) is 1. The fourth-order valence-electron chi connectivity index (χ4n) is 0.533. The second-order valence-corrected chi connectivity index (χ2v) is 2.37. The predicted molar refractivity (Wildman–Crippen MR) is 50.5 cm³/mol. The van der Waals surface area contributed by atoms with Crippen molar-refractivity contribution in [3.8, 4) is 0 Å². The van der Waals surface area contributed by atoms with Crippen LogP contribution < -0.4 is 11.1 Å². The Labute approximate surface area is 83.4 Å². The second kappa shape index (κ2) is 7.82. The molecule has 0 fully saturated rings. The van der Waals surface area contributed by atoms with E-state index in [0.29, 0.717) is 6.54 Å². The van der Waals surface area contributed by atoms with Crippen molar-refractivity contribution in [2.75, 3.05) is 13.7 Å². The van der Waals surface area contributed by atoms with Crippen LogP contribution in [-0.2, 0) is 14.3 Å². The van der Waals surface area contributed by atoms with Crippen molar-refractivity contribution in [2.45, 2.75) is 19.4 Å². The van der Waals surface area contributed by atoms with Gasteiger partial charge in [-0.15, -0.1) is 12.4 Å². The highest BCUT2D eigenvalue weighted by molar-refractivity contribution is 6.32. The normalized spacial score (nSPS) is 11.0. The summed E-state index contributed by atoms with van der Waals surface area (Å²) in [5, 5.41) is 2.35. The van der Waals surface area contributed by atoms with Crippen molar-refractivity contribution in [2.24, 2.45) is 5.73 Å². The van der Waals surface area contributed by atoms with E-state index >= 15 is 0 Å². The summed E-state index contributed by atoms with van der Waals surface area (Å²) in [7, 11) is 1.15. The van der Waals surface area contributed by atoms with E-state index in [-0.39, 0.29) is 18.4 Å². The van der Waals surface area contributed by atoms with Gasteiger partial charge in [0, 0.05) is 12.6 Å². The standard InChI is InChI=1S/C7H14N2O3.ClH/c1-3-5(8)4-9-6(10)7(11)12-2;/h5H,3-4,8H2,1-2H3,(H,9,10);1H. The maximum atomic E-state index is 10.8. The van der Waals surface area contributed by atoms with Gasteiger partial charge in [-0.2, -0.15) is 0 Å². The van der Waals surface area contributed by atoms with Crippen molar-refractivity contribution >= 4 is 24.3 Å². The molecule has 13 heavy (non-hydrogen) atoms. The molecular formula is C7H15ClN2O3. The minimum Gasteiger partial charge on any atom is -0.462 e. The molecule has 1 unspecified atom stereocenters. The van der Waals surface area contributed by atoms with Crippen LogP contribution >= 0.6 is 12.4 Å². The zero-order valence-corrected chi connectivity index (χ0v) is 8.52. The molecule has 0 radical (unpaired) electrons. The number of hydrogen-bond acceptors (Lipinski definition) is 4. The summed E-state index contributed by atoms with van der Waals surface area (Å²) in [5.41, 5.74) is 5.50. The largest absolute Gasteiger partial charge is 0.462 e. The number of nitrogens with two attached hydrogens (primary N) is 1. The number of hydrogen-bond donors (Lipinski definition) is 2. The third-order valence-electron chi connectivity index (χ3n) is 1.42. The van der Waals surface area contributed by atoms with Gasteiger partial charge in [0.15, 0.2) is 0 Å². The van der Waals surface area contributed by atoms with Gasteiger partial charge in [0.05, 0.1) is 7.11 Å². The monoisotopic (exact) mass is 210 g/mol. The number of halogens is 1. The molecular weight excluding hydrogens is 196 g/mol. The van der Waals surface area contributed by atoms with Crippen molar-refractivity contribution < 1.29 is 14.3 Å². The first-order valence-electron chi connectivity index (χ1n) is 3.73. The Hall–Kier alpha value is -0.810. The van der Waals surface area contributed by atoms with E-state index in [1.54, 1.807) is 0 Å². The highest BCUT2D eigenvalue weighted by Gasteiger charge is 2.13. The number of esters is 1. The van der Waals surface area contributed by atoms with Crippen LogP contribution in [0.1, 0.15) is 13.3 Å². The molecule has 1 atom stereocenters. The van der Waals surface area contributed by atoms with Crippen LogP contribution in [0.2, 0.25) is 0 Å². The van der Waals surface area contributed by atoms with Gasteiger partial charge in [0.25, 0.3) is 0 Å². The van der Waals surface area contributed by atoms with Crippen LogP contribution in [0.4, 0.5) is 0 Å². The lowest BCUT2D eigenvalue weighted by Crippen LogP contribution is -2.40. The lowest BCUT2D eigenvalue weighted by atomic mass is 10.2. The topological polar surface area (TPSA) is 81.4 Å². The third-order valence-corrected chi connectivity index (χ3v) is 1.42. The Morgan fingerprint density at radius 3 is 2.46 bits per heavy atom. The van der Waals surface area contributed by atoms with Gasteiger partial charge in [-0.25, -0.2) is 4.79 Å². The molecule has 0 aromatic carbocycles. The van der Waals surface area contributed by atoms with Crippen LogP contribution in [0.25, 0.3) is 0 Å². The third kappa shape index (κ3) is 6.36. The molecule has 0 aromatic heterocycles. The Kier molecular flexibility index (Phi) is 8.84. The summed E-state index contributed by atoms with van der Waals surface area (Å²) >= 11 is 0. The van der Waals surface area contributed by atoms with Crippen LogP contribution in [0.3, 0.4) is 0 Å². The van der Waals surface area contributed by atoms with Gasteiger partial charge in [-0.1, -0.05) is 6.92 Å². The number of methoxy groups -OCH3 is 1. The highest BCUT2D eigenvalue weighted by Crippen LogP contribution is 1.82. The molecule has 5 nitrogen and oxygen atoms in total. The molecule has 0 bridgehead atoms. The predicted octanol–water partition coefficient (Wildman–Crippen LogP) is -0.565. The number of rotatable bonds is 3. The SMILES string of the molecule is CCC(N)CNC(=O)C(=O)OC.Cl.